The van der Waals surface area contributed by atoms with Gasteiger partial charge < -0.3 is 14.2 Å². The SMILES string of the molecule is CCOC(=O)C(C)Sc1nnc(NC(=O)c2cc(OC)c(OC)cc2[N+](=O)[O-])s1. The summed E-state index contributed by atoms with van der Waals surface area (Å²) in [5.74, 6) is -0.860. The molecule has 0 aliphatic heterocycles. The van der Waals surface area contributed by atoms with E-state index in [0.717, 1.165) is 29.2 Å². The molecule has 0 bridgehead atoms. The molecule has 0 aliphatic carbocycles. The number of hydrogen-bond acceptors (Lipinski definition) is 11. The van der Waals surface area contributed by atoms with Crippen molar-refractivity contribution >= 4 is 45.8 Å². The summed E-state index contributed by atoms with van der Waals surface area (Å²) >= 11 is 2.16. The normalized spacial score (nSPS) is 11.4. The third kappa shape index (κ3) is 5.54. The van der Waals surface area contributed by atoms with Gasteiger partial charge in [-0.15, -0.1) is 10.2 Å². The topological polar surface area (TPSA) is 143 Å². The number of aromatic nitrogens is 2. The van der Waals surface area contributed by atoms with Gasteiger partial charge >= 0.3 is 5.97 Å². The van der Waals surface area contributed by atoms with E-state index in [4.69, 9.17) is 14.2 Å². The number of carbonyl (C=O) groups is 2. The molecule has 13 heteroatoms. The maximum absolute atomic E-state index is 12.6. The summed E-state index contributed by atoms with van der Waals surface area (Å²) in [6.45, 7) is 3.64. The van der Waals surface area contributed by atoms with Crippen molar-refractivity contribution in [3.8, 4) is 11.5 Å². The molecule has 0 fully saturated rings. The van der Waals surface area contributed by atoms with Crippen LogP contribution in [-0.2, 0) is 9.53 Å². The van der Waals surface area contributed by atoms with Gasteiger partial charge in [-0.2, -0.15) is 0 Å². The van der Waals surface area contributed by atoms with E-state index in [0.29, 0.717) is 4.34 Å². The Bertz CT molecular complexity index is 919. The molecule has 1 heterocycles. The molecule has 0 saturated heterocycles. The maximum Gasteiger partial charge on any atom is 0.319 e. The van der Waals surface area contributed by atoms with Crippen LogP contribution in [0.4, 0.5) is 10.8 Å². The van der Waals surface area contributed by atoms with Gasteiger partial charge in [0.15, 0.2) is 15.8 Å². The predicted octanol–water partition coefficient (Wildman–Crippen LogP) is 2.76. The fraction of sp³-hybridized carbons (Fsp3) is 0.375. The minimum absolute atomic E-state index is 0.123. The Kier molecular flexibility index (Phi) is 7.73. The first-order valence-electron chi connectivity index (χ1n) is 8.19. The van der Waals surface area contributed by atoms with E-state index in [1.807, 2.05) is 0 Å². The summed E-state index contributed by atoms with van der Waals surface area (Å²) in [7, 11) is 2.68. The monoisotopic (exact) mass is 442 g/mol. The van der Waals surface area contributed by atoms with Crippen LogP contribution < -0.4 is 14.8 Å². The van der Waals surface area contributed by atoms with Crippen molar-refractivity contribution in [3.05, 3.63) is 27.8 Å². The van der Waals surface area contributed by atoms with Crippen LogP contribution >= 0.6 is 23.1 Å². The first-order valence-corrected chi connectivity index (χ1v) is 9.88. The Hall–Kier alpha value is -2.93. The van der Waals surface area contributed by atoms with Crippen molar-refractivity contribution in [3.63, 3.8) is 0 Å². The number of esters is 1. The fourth-order valence-corrected chi connectivity index (χ4v) is 4.02. The van der Waals surface area contributed by atoms with Crippen LogP contribution in [0.25, 0.3) is 0 Å². The zero-order valence-corrected chi connectivity index (χ0v) is 17.6. The number of thioether (sulfide) groups is 1. The minimum Gasteiger partial charge on any atom is -0.493 e. The summed E-state index contributed by atoms with van der Waals surface area (Å²) in [4.78, 5) is 34.9. The first-order chi connectivity index (χ1) is 13.8. The molecule has 1 aromatic carbocycles. The lowest BCUT2D eigenvalue weighted by atomic mass is 10.1. The van der Waals surface area contributed by atoms with Crippen LogP contribution in [-0.4, -0.2) is 53.1 Å². The number of nitro benzene ring substituents is 1. The van der Waals surface area contributed by atoms with Crippen molar-refractivity contribution < 1.29 is 28.7 Å². The predicted molar refractivity (Wildman–Crippen MR) is 106 cm³/mol. The molecule has 1 N–H and O–H groups in total. The second kappa shape index (κ2) is 10.0. The summed E-state index contributed by atoms with van der Waals surface area (Å²) < 4.78 is 15.5. The molecule has 1 unspecified atom stereocenters. The van der Waals surface area contributed by atoms with Gasteiger partial charge in [0.2, 0.25) is 5.13 Å². The highest BCUT2D eigenvalue weighted by molar-refractivity contribution is 8.02. The van der Waals surface area contributed by atoms with E-state index < -0.39 is 21.8 Å². The van der Waals surface area contributed by atoms with Gasteiger partial charge in [-0.3, -0.25) is 25.0 Å². The molecule has 156 valence electrons. The van der Waals surface area contributed by atoms with Crippen molar-refractivity contribution in [1.29, 1.82) is 0 Å². The Labute approximate surface area is 173 Å². The molecule has 2 rings (SSSR count). The van der Waals surface area contributed by atoms with Gasteiger partial charge in [0.05, 0.1) is 31.8 Å². The summed E-state index contributed by atoms with van der Waals surface area (Å²) in [5, 5.41) is 21.2. The van der Waals surface area contributed by atoms with Crippen molar-refractivity contribution in [2.75, 3.05) is 26.1 Å². The molecule has 1 atom stereocenters. The lowest BCUT2D eigenvalue weighted by molar-refractivity contribution is -0.385. The molecule has 11 nitrogen and oxygen atoms in total. The molecular weight excluding hydrogens is 424 g/mol. The van der Waals surface area contributed by atoms with Crippen LogP contribution in [0.2, 0.25) is 0 Å². The second-order valence-electron chi connectivity index (χ2n) is 5.32. The Morgan fingerprint density at radius 1 is 1.28 bits per heavy atom. The van der Waals surface area contributed by atoms with Crippen LogP contribution in [0.3, 0.4) is 0 Å². The third-order valence-corrected chi connectivity index (χ3v) is 5.47. The van der Waals surface area contributed by atoms with Crippen LogP contribution in [0, 0.1) is 10.1 Å². The van der Waals surface area contributed by atoms with Gasteiger partial charge in [0.25, 0.3) is 11.6 Å². The van der Waals surface area contributed by atoms with Crippen LogP contribution in [0.5, 0.6) is 11.5 Å². The Morgan fingerprint density at radius 3 is 2.52 bits per heavy atom. The zero-order valence-electron chi connectivity index (χ0n) is 16.0. The highest BCUT2D eigenvalue weighted by Gasteiger charge is 2.26. The molecule has 1 aromatic heterocycles. The number of hydrogen-bond donors (Lipinski definition) is 1. The van der Waals surface area contributed by atoms with E-state index in [1.165, 1.54) is 20.3 Å². The lowest BCUT2D eigenvalue weighted by Gasteiger charge is -2.10. The highest BCUT2D eigenvalue weighted by atomic mass is 32.2. The average molecular weight is 442 g/mol. The standard InChI is InChI=1S/C16H18N4O7S2/c1-5-27-14(22)8(2)28-16-19-18-15(29-16)17-13(21)9-6-11(25-3)12(26-4)7-10(9)20(23)24/h6-8H,5H2,1-4H3,(H,17,18,21). The Morgan fingerprint density at radius 2 is 1.93 bits per heavy atom. The molecule has 1 amide bonds. The largest absolute Gasteiger partial charge is 0.493 e. The quantitative estimate of drug-likeness (QED) is 0.202. The first kappa shape index (κ1) is 22.4. The second-order valence-corrected chi connectivity index (χ2v) is 7.89. The number of methoxy groups -OCH3 is 2. The number of nitrogens with one attached hydrogen (secondary N) is 1. The van der Waals surface area contributed by atoms with Gasteiger partial charge in [-0.05, 0) is 13.8 Å². The van der Waals surface area contributed by atoms with Gasteiger partial charge in [0.1, 0.15) is 10.8 Å². The minimum atomic E-state index is -0.760. The van der Waals surface area contributed by atoms with Gasteiger partial charge in [0, 0.05) is 6.07 Å². The maximum atomic E-state index is 12.6. The van der Waals surface area contributed by atoms with E-state index in [1.54, 1.807) is 13.8 Å². The zero-order chi connectivity index (χ0) is 21.6. The van der Waals surface area contributed by atoms with E-state index in [-0.39, 0.29) is 34.8 Å². The van der Waals surface area contributed by atoms with Crippen molar-refractivity contribution in [1.82, 2.24) is 10.2 Å². The summed E-state index contributed by atoms with van der Waals surface area (Å²) in [5.41, 5.74) is -0.674. The number of nitrogens with zero attached hydrogens (tertiary/aromatic N) is 3. The van der Waals surface area contributed by atoms with Crippen LogP contribution in [0.1, 0.15) is 24.2 Å². The third-order valence-electron chi connectivity index (χ3n) is 3.47. The van der Waals surface area contributed by atoms with E-state index in [9.17, 15) is 19.7 Å². The molecule has 2 aromatic rings. The fourth-order valence-electron chi connectivity index (χ4n) is 2.13. The Balaban J connectivity index is 2.20. The molecule has 0 aliphatic rings. The van der Waals surface area contributed by atoms with Crippen molar-refractivity contribution in [2.45, 2.75) is 23.4 Å². The highest BCUT2D eigenvalue weighted by Crippen LogP contribution is 2.35. The van der Waals surface area contributed by atoms with Crippen LogP contribution in [0.15, 0.2) is 16.5 Å². The van der Waals surface area contributed by atoms with Gasteiger partial charge in [-0.25, -0.2) is 0 Å². The van der Waals surface area contributed by atoms with Crippen molar-refractivity contribution in [2.24, 2.45) is 0 Å². The number of ether oxygens (including phenoxy) is 3. The smallest absolute Gasteiger partial charge is 0.319 e. The number of benzene rings is 1. The molecule has 0 saturated carbocycles. The number of rotatable bonds is 9. The summed E-state index contributed by atoms with van der Waals surface area (Å²) in [6.07, 6.45) is 0. The number of nitro groups is 1. The molecule has 29 heavy (non-hydrogen) atoms. The molecule has 0 spiro atoms. The number of anilines is 1. The lowest BCUT2D eigenvalue weighted by Crippen LogP contribution is -2.16. The molecule has 0 radical (unpaired) electrons. The average Bonchev–Trinajstić information content (AvgIpc) is 3.13. The van der Waals surface area contributed by atoms with Gasteiger partial charge in [-0.1, -0.05) is 23.1 Å². The summed E-state index contributed by atoms with van der Waals surface area (Å²) in [6, 6.07) is 2.32. The number of amides is 1. The van der Waals surface area contributed by atoms with E-state index >= 15 is 0 Å². The number of carbonyl (C=O) groups excluding carboxylic acids is 2. The molecular formula is C16H18N4O7S2. The van der Waals surface area contributed by atoms with E-state index in [2.05, 4.69) is 15.5 Å².